The monoisotopic (exact) mass is 505 g/mol. The maximum absolute atomic E-state index is 6.41. The van der Waals surface area contributed by atoms with E-state index in [2.05, 4.69) is 34.7 Å². The Morgan fingerprint density at radius 2 is 1.75 bits per heavy atom. The first-order valence-corrected chi connectivity index (χ1v) is 12.7. The van der Waals surface area contributed by atoms with Crippen molar-refractivity contribution in [3.8, 4) is 11.5 Å². The molecule has 5 rings (SSSR count). The van der Waals surface area contributed by atoms with Crippen LogP contribution in [0.25, 0.3) is 10.9 Å². The topological polar surface area (TPSA) is 55.7 Å². The van der Waals surface area contributed by atoms with Crippen LogP contribution in [-0.2, 0) is 13.0 Å². The average molecular weight is 506 g/mol. The van der Waals surface area contributed by atoms with Crippen molar-refractivity contribution in [1.29, 1.82) is 0 Å². The van der Waals surface area contributed by atoms with Crippen LogP contribution in [0.3, 0.4) is 0 Å². The number of nitrogens with zero attached hydrogens (tertiary/aromatic N) is 5. The SMILES string of the molecule is CCc1nn(Cc2ccccn2)c2cc(OC)c(OC)c(N3CCN(c4cccc(Cl)c4C)CC3)c12. The standard InChI is InChI=1S/C28H32ClN5O2/c1-5-22-26-24(34(31-22)18-20-9-6-7-12-30-20)17-25(35-3)28(36-4)27(26)33-15-13-32(14-16-33)23-11-8-10-21(29)19(23)2/h6-12,17H,5,13-16,18H2,1-4H3. The fourth-order valence-corrected chi connectivity index (χ4v) is 5.29. The van der Waals surface area contributed by atoms with Gasteiger partial charge in [-0.3, -0.25) is 9.67 Å². The quantitative estimate of drug-likeness (QED) is 0.337. The Labute approximate surface area is 217 Å². The number of aryl methyl sites for hydroxylation is 1. The van der Waals surface area contributed by atoms with Crippen molar-refractivity contribution in [1.82, 2.24) is 14.8 Å². The minimum Gasteiger partial charge on any atom is -0.493 e. The largest absolute Gasteiger partial charge is 0.493 e. The van der Waals surface area contributed by atoms with E-state index in [0.29, 0.717) is 12.3 Å². The highest BCUT2D eigenvalue weighted by molar-refractivity contribution is 6.31. The molecule has 0 amide bonds. The minimum atomic E-state index is 0.591. The molecule has 0 aliphatic carbocycles. The third-order valence-electron chi connectivity index (χ3n) is 6.98. The number of pyridine rings is 1. The van der Waals surface area contributed by atoms with Gasteiger partial charge < -0.3 is 19.3 Å². The number of ether oxygens (including phenoxy) is 2. The summed E-state index contributed by atoms with van der Waals surface area (Å²) in [5.74, 6) is 1.46. The second kappa shape index (κ2) is 10.3. The Kier molecular flexibility index (Phi) is 6.92. The first kappa shape index (κ1) is 24.3. The van der Waals surface area contributed by atoms with E-state index in [1.807, 2.05) is 47.3 Å². The van der Waals surface area contributed by atoms with Crippen molar-refractivity contribution < 1.29 is 9.47 Å². The van der Waals surface area contributed by atoms with Gasteiger partial charge in [0.05, 0.1) is 48.7 Å². The van der Waals surface area contributed by atoms with Crippen LogP contribution in [-0.4, -0.2) is 55.2 Å². The number of aromatic nitrogens is 3. The lowest BCUT2D eigenvalue weighted by Gasteiger charge is -2.39. The van der Waals surface area contributed by atoms with Gasteiger partial charge in [-0.25, -0.2) is 0 Å². The molecule has 0 spiro atoms. The lowest BCUT2D eigenvalue weighted by atomic mass is 10.1. The third kappa shape index (κ3) is 4.32. The van der Waals surface area contributed by atoms with Gasteiger partial charge in [0.2, 0.25) is 0 Å². The molecule has 0 atom stereocenters. The minimum absolute atomic E-state index is 0.591. The number of hydrogen-bond donors (Lipinski definition) is 0. The molecular weight excluding hydrogens is 474 g/mol. The number of methoxy groups -OCH3 is 2. The van der Waals surface area contributed by atoms with Gasteiger partial charge in [-0.2, -0.15) is 5.10 Å². The van der Waals surface area contributed by atoms with Crippen LogP contribution in [0.5, 0.6) is 11.5 Å². The second-order valence-corrected chi connectivity index (χ2v) is 9.40. The summed E-state index contributed by atoms with van der Waals surface area (Å²) >= 11 is 6.41. The zero-order valence-electron chi connectivity index (χ0n) is 21.3. The van der Waals surface area contributed by atoms with E-state index in [9.17, 15) is 0 Å². The summed E-state index contributed by atoms with van der Waals surface area (Å²) in [4.78, 5) is 9.33. The van der Waals surface area contributed by atoms with E-state index < -0.39 is 0 Å². The molecular formula is C28H32ClN5O2. The smallest absolute Gasteiger partial charge is 0.185 e. The number of halogens is 1. The summed E-state index contributed by atoms with van der Waals surface area (Å²) in [6.45, 7) is 8.28. The Morgan fingerprint density at radius 1 is 0.972 bits per heavy atom. The van der Waals surface area contributed by atoms with E-state index >= 15 is 0 Å². The van der Waals surface area contributed by atoms with E-state index in [4.69, 9.17) is 26.2 Å². The molecule has 3 heterocycles. The lowest BCUT2D eigenvalue weighted by molar-refractivity contribution is 0.355. The van der Waals surface area contributed by atoms with E-state index in [0.717, 1.165) is 76.9 Å². The molecule has 188 valence electrons. The van der Waals surface area contributed by atoms with Crippen LogP contribution in [0, 0.1) is 6.92 Å². The van der Waals surface area contributed by atoms with E-state index in [-0.39, 0.29) is 0 Å². The normalized spacial score (nSPS) is 13.9. The molecule has 0 radical (unpaired) electrons. The molecule has 2 aromatic heterocycles. The van der Waals surface area contributed by atoms with Crippen molar-refractivity contribution >= 4 is 33.9 Å². The van der Waals surface area contributed by atoms with Gasteiger partial charge >= 0.3 is 0 Å². The first-order chi connectivity index (χ1) is 17.5. The van der Waals surface area contributed by atoms with Gasteiger partial charge in [0.15, 0.2) is 11.5 Å². The molecule has 7 nitrogen and oxygen atoms in total. The molecule has 0 saturated carbocycles. The molecule has 2 aromatic carbocycles. The number of fused-ring (bicyclic) bond motifs is 1. The molecule has 1 aliphatic heterocycles. The molecule has 36 heavy (non-hydrogen) atoms. The number of benzene rings is 2. The number of hydrogen-bond acceptors (Lipinski definition) is 6. The molecule has 0 bridgehead atoms. The predicted molar refractivity (Wildman–Crippen MR) is 146 cm³/mol. The van der Waals surface area contributed by atoms with Crippen molar-refractivity contribution in [2.45, 2.75) is 26.8 Å². The Balaban J connectivity index is 1.56. The van der Waals surface area contributed by atoms with Gasteiger partial charge in [0, 0.05) is 49.2 Å². The molecule has 8 heteroatoms. The lowest BCUT2D eigenvalue weighted by Crippen LogP contribution is -2.47. The van der Waals surface area contributed by atoms with Gasteiger partial charge in [0.25, 0.3) is 0 Å². The summed E-state index contributed by atoms with van der Waals surface area (Å²) < 4.78 is 13.8. The van der Waals surface area contributed by atoms with Crippen LogP contribution in [0.15, 0.2) is 48.7 Å². The zero-order valence-corrected chi connectivity index (χ0v) is 22.0. The summed E-state index contributed by atoms with van der Waals surface area (Å²) in [6, 6.07) is 14.1. The Bertz CT molecular complexity index is 1360. The summed E-state index contributed by atoms with van der Waals surface area (Å²) in [5, 5.41) is 6.94. The van der Waals surface area contributed by atoms with Crippen molar-refractivity contribution in [3.05, 3.63) is 70.6 Å². The highest BCUT2D eigenvalue weighted by Crippen LogP contribution is 2.46. The number of rotatable bonds is 7. The number of piperazine rings is 1. The van der Waals surface area contributed by atoms with Crippen LogP contribution in [0.2, 0.25) is 5.02 Å². The molecule has 1 aliphatic rings. The first-order valence-electron chi connectivity index (χ1n) is 12.3. The summed E-state index contributed by atoms with van der Waals surface area (Å²) in [6.07, 6.45) is 2.63. The van der Waals surface area contributed by atoms with Crippen molar-refractivity contribution in [2.75, 3.05) is 50.2 Å². The summed E-state index contributed by atoms with van der Waals surface area (Å²) in [5.41, 5.74) is 6.41. The van der Waals surface area contributed by atoms with Gasteiger partial charge in [-0.05, 0) is 43.2 Å². The second-order valence-electron chi connectivity index (χ2n) is 8.99. The van der Waals surface area contributed by atoms with Crippen LogP contribution < -0.4 is 19.3 Å². The Hall–Kier alpha value is -3.45. The van der Waals surface area contributed by atoms with Crippen LogP contribution in [0.1, 0.15) is 23.9 Å². The number of anilines is 2. The Morgan fingerprint density at radius 3 is 2.42 bits per heavy atom. The predicted octanol–water partition coefficient (Wildman–Crippen LogP) is 5.35. The van der Waals surface area contributed by atoms with Crippen LogP contribution in [0.4, 0.5) is 11.4 Å². The molecule has 1 saturated heterocycles. The fourth-order valence-electron chi connectivity index (χ4n) is 5.12. The van der Waals surface area contributed by atoms with E-state index in [1.165, 1.54) is 5.69 Å². The highest BCUT2D eigenvalue weighted by atomic mass is 35.5. The third-order valence-corrected chi connectivity index (χ3v) is 7.39. The maximum Gasteiger partial charge on any atom is 0.185 e. The van der Waals surface area contributed by atoms with Crippen molar-refractivity contribution in [2.24, 2.45) is 0 Å². The molecule has 0 unspecified atom stereocenters. The molecule has 4 aromatic rings. The zero-order chi connectivity index (χ0) is 25.2. The highest BCUT2D eigenvalue weighted by Gasteiger charge is 2.28. The van der Waals surface area contributed by atoms with Crippen molar-refractivity contribution in [3.63, 3.8) is 0 Å². The summed E-state index contributed by atoms with van der Waals surface area (Å²) in [7, 11) is 3.40. The van der Waals surface area contributed by atoms with Crippen LogP contribution >= 0.6 is 11.6 Å². The molecule has 0 N–H and O–H groups in total. The fraction of sp³-hybridized carbons (Fsp3) is 0.357. The van der Waals surface area contributed by atoms with Gasteiger partial charge in [0.1, 0.15) is 0 Å². The molecule has 1 fully saturated rings. The average Bonchev–Trinajstić information content (AvgIpc) is 3.26. The van der Waals surface area contributed by atoms with E-state index in [1.54, 1.807) is 14.2 Å². The maximum atomic E-state index is 6.41. The van der Waals surface area contributed by atoms with Gasteiger partial charge in [-0.15, -0.1) is 0 Å². The van der Waals surface area contributed by atoms with Gasteiger partial charge in [-0.1, -0.05) is 30.7 Å².